The minimum atomic E-state index is -1.61. The Hall–Kier alpha value is -4.01. The Morgan fingerprint density at radius 1 is 1.03 bits per heavy atom. The first-order valence-corrected chi connectivity index (χ1v) is 10.5. The third-order valence-corrected chi connectivity index (χ3v) is 6.02. The molecule has 1 aliphatic rings. The predicted molar refractivity (Wildman–Crippen MR) is 121 cm³/mol. The zero-order chi connectivity index (χ0) is 24.6. The number of imide groups is 1. The summed E-state index contributed by atoms with van der Waals surface area (Å²) in [5, 5.41) is 4.46. The molecule has 3 aromatic rings. The molecule has 1 unspecified atom stereocenters. The van der Waals surface area contributed by atoms with E-state index in [0.29, 0.717) is 0 Å². The minimum Gasteiger partial charge on any atom is -0.497 e. The number of fused-ring (bicyclic) bond motifs is 1. The molecule has 176 valence electrons. The number of rotatable bonds is 6. The van der Waals surface area contributed by atoms with E-state index in [2.05, 4.69) is 5.32 Å². The van der Waals surface area contributed by atoms with E-state index in [1.54, 1.807) is 14.2 Å². The lowest BCUT2D eigenvalue weighted by Gasteiger charge is -2.23. The van der Waals surface area contributed by atoms with Crippen LogP contribution in [0.1, 0.15) is 18.1 Å². The molecule has 0 saturated carbocycles. The fourth-order valence-electron chi connectivity index (χ4n) is 3.96. The number of amides is 4. The molecule has 4 amide bonds. The Morgan fingerprint density at radius 3 is 2.44 bits per heavy atom. The largest absolute Gasteiger partial charge is 0.497 e. The molecule has 0 aliphatic carbocycles. The van der Waals surface area contributed by atoms with Crippen LogP contribution in [0.5, 0.6) is 5.75 Å². The first kappa shape index (κ1) is 23.2. The van der Waals surface area contributed by atoms with Gasteiger partial charge in [0, 0.05) is 13.6 Å². The molecule has 0 radical (unpaired) electrons. The number of methoxy groups -OCH3 is 1. The SMILES string of the molecule is COc1ccc2cc(CN(C)C(=O)CN3C(=O)NC(C)(c4ccc(F)c(F)c4)C3=O)ccc2c1. The summed E-state index contributed by atoms with van der Waals surface area (Å²) in [4.78, 5) is 40.5. The molecule has 0 aromatic heterocycles. The summed E-state index contributed by atoms with van der Waals surface area (Å²) >= 11 is 0. The minimum absolute atomic E-state index is 0.0841. The number of halogens is 2. The van der Waals surface area contributed by atoms with Gasteiger partial charge in [0.25, 0.3) is 5.91 Å². The van der Waals surface area contributed by atoms with Crippen molar-refractivity contribution >= 4 is 28.6 Å². The number of hydrogen-bond donors (Lipinski definition) is 1. The molecule has 1 saturated heterocycles. The molecule has 34 heavy (non-hydrogen) atoms. The van der Waals surface area contributed by atoms with Gasteiger partial charge >= 0.3 is 6.03 Å². The number of benzene rings is 3. The molecule has 3 aromatic carbocycles. The fraction of sp³-hybridized carbons (Fsp3) is 0.240. The lowest BCUT2D eigenvalue weighted by atomic mass is 9.92. The van der Waals surface area contributed by atoms with E-state index in [1.165, 1.54) is 17.9 Å². The van der Waals surface area contributed by atoms with E-state index < -0.39 is 41.6 Å². The van der Waals surface area contributed by atoms with Crippen LogP contribution in [0.4, 0.5) is 13.6 Å². The van der Waals surface area contributed by atoms with Crippen molar-refractivity contribution in [2.75, 3.05) is 20.7 Å². The maximum Gasteiger partial charge on any atom is 0.325 e. The first-order valence-electron chi connectivity index (χ1n) is 10.5. The smallest absolute Gasteiger partial charge is 0.325 e. The molecule has 0 bridgehead atoms. The Morgan fingerprint density at radius 2 is 1.74 bits per heavy atom. The second kappa shape index (κ2) is 8.74. The Bertz CT molecular complexity index is 1310. The van der Waals surface area contributed by atoms with Crippen molar-refractivity contribution < 1.29 is 27.9 Å². The maximum atomic E-state index is 13.7. The van der Waals surface area contributed by atoms with Gasteiger partial charge in [0.1, 0.15) is 17.8 Å². The van der Waals surface area contributed by atoms with Gasteiger partial charge in [-0.1, -0.05) is 24.3 Å². The van der Waals surface area contributed by atoms with Crippen LogP contribution in [0.15, 0.2) is 54.6 Å². The van der Waals surface area contributed by atoms with Crippen LogP contribution in [0.2, 0.25) is 0 Å². The van der Waals surface area contributed by atoms with Gasteiger partial charge in [-0.3, -0.25) is 14.5 Å². The van der Waals surface area contributed by atoms with Gasteiger partial charge in [0.05, 0.1) is 7.11 Å². The van der Waals surface area contributed by atoms with Crippen molar-refractivity contribution in [2.45, 2.75) is 19.0 Å². The van der Waals surface area contributed by atoms with Crippen molar-refractivity contribution in [3.63, 3.8) is 0 Å². The van der Waals surface area contributed by atoms with Gasteiger partial charge in [-0.25, -0.2) is 13.6 Å². The molecule has 0 spiro atoms. The lowest BCUT2D eigenvalue weighted by molar-refractivity contribution is -0.138. The number of hydrogen-bond acceptors (Lipinski definition) is 4. The summed E-state index contributed by atoms with van der Waals surface area (Å²) in [7, 11) is 3.18. The number of urea groups is 1. The van der Waals surface area contributed by atoms with Crippen LogP contribution >= 0.6 is 0 Å². The predicted octanol–water partition coefficient (Wildman–Crippen LogP) is 3.55. The zero-order valence-electron chi connectivity index (χ0n) is 18.9. The van der Waals surface area contributed by atoms with Crippen LogP contribution in [0.3, 0.4) is 0 Å². The second-order valence-electron chi connectivity index (χ2n) is 8.37. The second-order valence-corrected chi connectivity index (χ2v) is 8.37. The first-order chi connectivity index (χ1) is 16.1. The van der Waals surface area contributed by atoms with E-state index in [1.807, 2.05) is 36.4 Å². The van der Waals surface area contributed by atoms with E-state index >= 15 is 0 Å². The molecule has 1 fully saturated rings. The highest BCUT2D eigenvalue weighted by molar-refractivity contribution is 6.09. The number of nitrogens with zero attached hydrogens (tertiary/aromatic N) is 2. The zero-order valence-corrected chi connectivity index (χ0v) is 18.9. The Kier molecular flexibility index (Phi) is 5.95. The lowest BCUT2D eigenvalue weighted by Crippen LogP contribution is -2.43. The molecular weight excluding hydrogens is 444 g/mol. The van der Waals surface area contributed by atoms with Crippen molar-refractivity contribution in [2.24, 2.45) is 0 Å². The van der Waals surface area contributed by atoms with Crippen molar-refractivity contribution in [3.05, 3.63) is 77.4 Å². The average molecular weight is 467 g/mol. The van der Waals surface area contributed by atoms with Crippen LogP contribution in [0, 0.1) is 11.6 Å². The van der Waals surface area contributed by atoms with Gasteiger partial charge in [-0.05, 0) is 59.2 Å². The monoisotopic (exact) mass is 467 g/mol. The number of carbonyl (C=O) groups excluding carboxylic acids is 3. The van der Waals surface area contributed by atoms with Crippen LogP contribution in [-0.4, -0.2) is 48.3 Å². The quantitative estimate of drug-likeness (QED) is 0.563. The van der Waals surface area contributed by atoms with Gasteiger partial charge in [-0.15, -0.1) is 0 Å². The summed E-state index contributed by atoms with van der Waals surface area (Å²) < 4.78 is 32.2. The Labute approximate surface area is 194 Å². The van der Waals surface area contributed by atoms with E-state index in [9.17, 15) is 23.2 Å². The summed E-state index contributed by atoms with van der Waals surface area (Å²) in [5.74, 6) is -2.62. The van der Waals surface area contributed by atoms with E-state index in [0.717, 1.165) is 39.1 Å². The normalized spacial score (nSPS) is 17.7. The molecule has 1 N–H and O–H groups in total. The van der Waals surface area contributed by atoms with Crippen LogP contribution < -0.4 is 10.1 Å². The average Bonchev–Trinajstić information content (AvgIpc) is 3.04. The topological polar surface area (TPSA) is 79.0 Å². The molecule has 1 atom stereocenters. The van der Waals surface area contributed by atoms with Gasteiger partial charge in [0.15, 0.2) is 11.6 Å². The molecule has 1 heterocycles. The van der Waals surface area contributed by atoms with Crippen molar-refractivity contribution in [3.8, 4) is 5.75 Å². The third-order valence-electron chi connectivity index (χ3n) is 6.02. The van der Waals surface area contributed by atoms with Gasteiger partial charge in [0.2, 0.25) is 5.91 Å². The number of likely N-dealkylation sites (N-methyl/N-ethyl adjacent to an activating group) is 1. The van der Waals surface area contributed by atoms with Crippen molar-refractivity contribution in [1.29, 1.82) is 0 Å². The standard InChI is InChI=1S/C25H23F2N3O4/c1-25(18-7-9-20(26)21(27)12-18)23(32)30(24(33)28-25)14-22(31)29(2)13-15-4-5-17-11-19(34-3)8-6-16(17)10-15/h4-12H,13-14H2,1-3H3,(H,28,33). The summed E-state index contributed by atoms with van der Waals surface area (Å²) in [6, 6.07) is 13.6. The molecule has 4 rings (SSSR count). The van der Waals surface area contributed by atoms with Gasteiger partial charge in [-0.2, -0.15) is 0 Å². The summed E-state index contributed by atoms with van der Waals surface area (Å²) in [6.45, 7) is 1.17. The van der Waals surface area contributed by atoms with Crippen LogP contribution in [0.25, 0.3) is 10.8 Å². The molecule has 1 aliphatic heterocycles. The van der Waals surface area contributed by atoms with Crippen LogP contribution in [-0.2, 0) is 21.7 Å². The number of ether oxygens (including phenoxy) is 1. The fourth-order valence-corrected chi connectivity index (χ4v) is 3.96. The molecule has 9 heteroatoms. The van der Waals surface area contributed by atoms with E-state index in [4.69, 9.17) is 4.74 Å². The number of nitrogens with one attached hydrogen (secondary N) is 1. The van der Waals surface area contributed by atoms with Gasteiger partial charge < -0.3 is 15.0 Å². The summed E-state index contributed by atoms with van der Waals surface area (Å²) in [5.41, 5.74) is -0.651. The Balaban J connectivity index is 1.46. The van der Waals surface area contributed by atoms with E-state index in [-0.39, 0.29) is 12.1 Å². The highest BCUT2D eigenvalue weighted by Gasteiger charge is 2.49. The summed E-state index contributed by atoms with van der Waals surface area (Å²) in [6.07, 6.45) is 0. The number of carbonyl (C=O) groups is 3. The third kappa shape index (κ3) is 4.16. The highest BCUT2D eigenvalue weighted by Crippen LogP contribution is 2.30. The van der Waals surface area contributed by atoms with Crippen molar-refractivity contribution in [1.82, 2.24) is 15.1 Å². The molecular formula is C25H23F2N3O4. The highest BCUT2D eigenvalue weighted by atomic mass is 19.2. The molecule has 7 nitrogen and oxygen atoms in total. The maximum absolute atomic E-state index is 13.7.